The van der Waals surface area contributed by atoms with Crippen LogP contribution in [0.5, 0.6) is 23.0 Å². The monoisotopic (exact) mass is 473 g/mol. The largest absolute Gasteiger partial charge is 0.493 e. The molecule has 8 nitrogen and oxygen atoms in total. The van der Waals surface area contributed by atoms with Gasteiger partial charge in [0.05, 0.1) is 39.4 Å². The van der Waals surface area contributed by atoms with Gasteiger partial charge in [0, 0.05) is 17.3 Å². The summed E-state index contributed by atoms with van der Waals surface area (Å²) in [4.78, 5) is 13.9. The van der Waals surface area contributed by atoms with Crippen molar-refractivity contribution in [2.45, 2.75) is 26.3 Å². The van der Waals surface area contributed by atoms with E-state index in [1.807, 2.05) is 38.1 Å². The fourth-order valence-corrected chi connectivity index (χ4v) is 4.42. The first-order chi connectivity index (χ1) is 16.8. The minimum Gasteiger partial charge on any atom is -0.493 e. The third kappa shape index (κ3) is 4.06. The number of nitrogens with zero attached hydrogens (tertiary/aromatic N) is 2. The number of aromatic nitrogens is 1. The molecule has 4 rings (SSSR count). The van der Waals surface area contributed by atoms with E-state index >= 15 is 0 Å². The topological polar surface area (TPSA) is 109 Å². The summed E-state index contributed by atoms with van der Waals surface area (Å²) >= 11 is 0. The second kappa shape index (κ2) is 9.47. The molecule has 2 heterocycles. The van der Waals surface area contributed by atoms with Crippen LogP contribution in [0, 0.1) is 25.2 Å². The summed E-state index contributed by atoms with van der Waals surface area (Å²) < 4.78 is 24.1. The van der Waals surface area contributed by atoms with E-state index in [9.17, 15) is 10.1 Å². The molecule has 0 spiro atoms. The number of hydrogen-bond donors (Lipinski definition) is 1. The van der Waals surface area contributed by atoms with Gasteiger partial charge in [-0.2, -0.15) is 5.26 Å². The normalized spacial score (nSPS) is 14.6. The molecule has 35 heavy (non-hydrogen) atoms. The highest BCUT2D eigenvalue weighted by Crippen LogP contribution is 2.49. The van der Waals surface area contributed by atoms with Crippen molar-refractivity contribution in [2.24, 2.45) is 5.73 Å². The molecule has 0 aliphatic carbocycles. The zero-order valence-corrected chi connectivity index (χ0v) is 20.3. The summed E-state index contributed by atoms with van der Waals surface area (Å²) in [5.41, 5.74) is 9.66. The number of allylic oxidation sites excluding steroid dienone is 1. The minimum atomic E-state index is -0.823. The molecule has 2 aromatic carbocycles. The molecule has 0 saturated carbocycles. The fourth-order valence-electron chi connectivity index (χ4n) is 4.42. The highest BCUT2D eigenvalue weighted by atomic mass is 16.5. The highest BCUT2D eigenvalue weighted by Gasteiger charge is 2.37. The molecular formula is C27H27N3O5. The second-order valence-corrected chi connectivity index (χ2v) is 8.29. The Morgan fingerprint density at radius 2 is 1.71 bits per heavy atom. The maximum Gasteiger partial charge on any atom is 0.259 e. The van der Waals surface area contributed by atoms with Gasteiger partial charge in [0.25, 0.3) is 5.56 Å². The summed E-state index contributed by atoms with van der Waals surface area (Å²) in [7, 11) is 4.51. The first-order valence-electron chi connectivity index (χ1n) is 11.0. The van der Waals surface area contributed by atoms with Crippen LogP contribution < -0.4 is 30.2 Å². The number of nitriles is 1. The van der Waals surface area contributed by atoms with Gasteiger partial charge in [-0.25, -0.2) is 0 Å². The Labute approximate surface area is 203 Å². The van der Waals surface area contributed by atoms with E-state index < -0.39 is 5.92 Å². The molecular weight excluding hydrogens is 446 g/mol. The Balaban J connectivity index is 1.98. The van der Waals surface area contributed by atoms with E-state index in [4.69, 9.17) is 24.7 Å². The summed E-state index contributed by atoms with van der Waals surface area (Å²) in [5, 5.41) is 10.0. The molecule has 1 aliphatic rings. The van der Waals surface area contributed by atoms with Crippen molar-refractivity contribution in [3.63, 3.8) is 0 Å². The highest BCUT2D eigenvalue weighted by molar-refractivity contribution is 5.64. The summed E-state index contributed by atoms with van der Waals surface area (Å²) in [6.45, 7) is 4.22. The molecule has 0 bridgehead atoms. The van der Waals surface area contributed by atoms with Crippen LogP contribution in [0.2, 0.25) is 0 Å². The smallest absolute Gasteiger partial charge is 0.259 e. The first kappa shape index (κ1) is 23.8. The summed E-state index contributed by atoms with van der Waals surface area (Å²) in [6, 6.07) is 15.3. The van der Waals surface area contributed by atoms with Crippen molar-refractivity contribution in [2.75, 3.05) is 21.3 Å². The molecule has 0 radical (unpaired) electrons. The lowest BCUT2D eigenvalue weighted by molar-refractivity contribution is 0.321. The van der Waals surface area contributed by atoms with Gasteiger partial charge in [-0.1, -0.05) is 35.9 Å². The summed E-state index contributed by atoms with van der Waals surface area (Å²) in [5.74, 6) is 0.578. The number of benzene rings is 2. The molecule has 0 unspecified atom stereocenters. The molecule has 8 heteroatoms. The number of methoxy groups -OCH3 is 3. The zero-order chi connectivity index (χ0) is 25.3. The SMILES string of the molecule is COc1ccc([C@@H]2C(C#N)=C(N)Oc3cc(C)n(Cc4ccc(C)cc4)c(=O)c32)c(OC)c1OC. The maximum absolute atomic E-state index is 13.9. The van der Waals surface area contributed by atoms with E-state index in [0.717, 1.165) is 11.1 Å². The zero-order valence-electron chi connectivity index (χ0n) is 20.3. The number of ether oxygens (including phenoxy) is 4. The number of rotatable bonds is 6. The molecule has 0 fully saturated rings. The van der Waals surface area contributed by atoms with E-state index in [1.165, 1.54) is 21.3 Å². The first-order valence-corrected chi connectivity index (χ1v) is 11.0. The second-order valence-electron chi connectivity index (χ2n) is 8.29. The van der Waals surface area contributed by atoms with Gasteiger partial charge in [-0.15, -0.1) is 0 Å². The van der Waals surface area contributed by atoms with Crippen LogP contribution in [0.15, 0.2) is 58.7 Å². The van der Waals surface area contributed by atoms with Crippen molar-refractivity contribution >= 4 is 0 Å². The van der Waals surface area contributed by atoms with Crippen LogP contribution in [0.1, 0.15) is 33.9 Å². The van der Waals surface area contributed by atoms with E-state index in [1.54, 1.807) is 22.8 Å². The quantitative estimate of drug-likeness (QED) is 0.581. The Kier molecular flexibility index (Phi) is 6.43. The molecule has 0 saturated heterocycles. The number of pyridine rings is 1. The fraction of sp³-hybridized carbons (Fsp3) is 0.259. The van der Waals surface area contributed by atoms with Crippen molar-refractivity contribution in [1.82, 2.24) is 4.57 Å². The van der Waals surface area contributed by atoms with Gasteiger partial charge in [0.15, 0.2) is 11.5 Å². The van der Waals surface area contributed by atoms with Gasteiger partial charge >= 0.3 is 0 Å². The Bertz CT molecular complexity index is 1410. The number of nitrogens with two attached hydrogens (primary N) is 1. The lowest BCUT2D eigenvalue weighted by Gasteiger charge is -2.29. The molecule has 2 N–H and O–H groups in total. The van der Waals surface area contributed by atoms with E-state index in [0.29, 0.717) is 46.4 Å². The van der Waals surface area contributed by atoms with Gasteiger partial charge in [-0.05, 0) is 25.5 Å². The number of hydrogen-bond acceptors (Lipinski definition) is 7. The Morgan fingerprint density at radius 1 is 1.03 bits per heavy atom. The third-order valence-electron chi connectivity index (χ3n) is 6.20. The molecule has 3 aromatic rings. The van der Waals surface area contributed by atoms with Crippen molar-refractivity contribution in [3.8, 4) is 29.1 Å². The molecule has 1 aromatic heterocycles. The number of fused-ring (bicyclic) bond motifs is 1. The molecule has 0 amide bonds. The van der Waals surface area contributed by atoms with Crippen LogP contribution in [-0.2, 0) is 6.54 Å². The van der Waals surface area contributed by atoms with Crippen LogP contribution in [-0.4, -0.2) is 25.9 Å². The summed E-state index contributed by atoms with van der Waals surface area (Å²) in [6.07, 6.45) is 0. The minimum absolute atomic E-state index is 0.0584. The lowest BCUT2D eigenvalue weighted by Crippen LogP contribution is -2.33. The standard InChI is InChI=1S/C27H27N3O5/c1-15-6-8-17(9-7-15)14-30-16(2)12-21-23(27(30)31)22(19(13-28)26(29)35-21)18-10-11-20(32-3)25(34-5)24(18)33-4/h6-12,22H,14,29H2,1-5H3/t22-/m1/s1. The Morgan fingerprint density at radius 3 is 2.31 bits per heavy atom. The van der Waals surface area contributed by atoms with Crippen LogP contribution in [0.25, 0.3) is 0 Å². The average Bonchev–Trinajstić information content (AvgIpc) is 2.85. The van der Waals surface area contributed by atoms with Gasteiger partial charge in [0.1, 0.15) is 17.4 Å². The van der Waals surface area contributed by atoms with E-state index in [-0.39, 0.29) is 17.0 Å². The van der Waals surface area contributed by atoms with Crippen LogP contribution in [0.4, 0.5) is 0 Å². The number of aryl methyl sites for hydroxylation is 2. The molecule has 1 aliphatic heterocycles. The van der Waals surface area contributed by atoms with Gasteiger partial charge < -0.3 is 29.2 Å². The predicted octanol–water partition coefficient (Wildman–Crippen LogP) is 3.76. The van der Waals surface area contributed by atoms with Gasteiger partial charge in [0.2, 0.25) is 11.6 Å². The Hall–Kier alpha value is -4.38. The van der Waals surface area contributed by atoms with Gasteiger partial charge in [-0.3, -0.25) is 4.79 Å². The maximum atomic E-state index is 13.9. The lowest BCUT2D eigenvalue weighted by atomic mass is 9.83. The van der Waals surface area contributed by atoms with Crippen molar-refractivity contribution in [3.05, 3.63) is 92.2 Å². The van der Waals surface area contributed by atoms with Crippen molar-refractivity contribution in [1.29, 1.82) is 5.26 Å². The van der Waals surface area contributed by atoms with Crippen molar-refractivity contribution < 1.29 is 18.9 Å². The van der Waals surface area contributed by atoms with Crippen LogP contribution in [0.3, 0.4) is 0 Å². The third-order valence-corrected chi connectivity index (χ3v) is 6.20. The average molecular weight is 474 g/mol. The predicted molar refractivity (Wildman–Crippen MR) is 131 cm³/mol. The van der Waals surface area contributed by atoms with E-state index in [2.05, 4.69) is 6.07 Å². The van der Waals surface area contributed by atoms with Crippen LogP contribution >= 0.6 is 0 Å². The molecule has 180 valence electrons. The molecule has 1 atom stereocenters.